The molecule has 2 rings (SSSR count). The molecule has 2 heterocycles. The van der Waals surface area contributed by atoms with E-state index in [1.165, 1.54) is 11.3 Å². The van der Waals surface area contributed by atoms with E-state index in [0.29, 0.717) is 0 Å². The Hall–Kier alpha value is -0.880. The van der Waals surface area contributed by atoms with Crippen LogP contribution in [0.3, 0.4) is 0 Å². The van der Waals surface area contributed by atoms with Crippen molar-refractivity contribution < 1.29 is 0 Å². The molecule has 2 aromatic heterocycles. The van der Waals surface area contributed by atoms with Crippen molar-refractivity contribution in [2.75, 3.05) is 0 Å². The van der Waals surface area contributed by atoms with Crippen LogP contribution in [0.2, 0.25) is 0 Å². The third kappa shape index (κ3) is 13.1. The predicted molar refractivity (Wildman–Crippen MR) is 67.3 cm³/mol. The van der Waals surface area contributed by atoms with Crippen LogP contribution in [-0.2, 0) is 0 Å². The number of nitrogens with zero attached hydrogens (tertiary/aromatic N) is 4. The van der Waals surface area contributed by atoms with E-state index in [1.807, 2.05) is 34.6 Å². The molecular weight excluding hydrogens is 228 g/mol. The summed E-state index contributed by atoms with van der Waals surface area (Å²) in [5, 5.41) is 15.3. The van der Waals surface area contributed by atoms with Gasteiger partial charge >= 0.3 is 0 Å². The van der Waals surface area contributed by atoms with Gasteiger partial charge in [-0.25, -0.2) is 0 Å². The first-order chi connectivity index (χ1) is 7.39. The summed E-state index contributed by atoms with van der Waals surface area (Å²) >= 11 is 3.05. The van der Waals surface area contributed by atoms with Crippen molar-refractivity contribution in [3.63, 3.8) is 0 Å². The minimum absolute atomic E-state index is 1.02. The summed E-state index contributed by atoms with van der Waals surface area (Å²) in [5.74, 6) is 0. The second-order valence-electron chi connectivity index (χ2n) is 1.54. The summed E-state index contributed by atoms with van der Waals surface area (Å²) in [6.07, 6.45) is 0. The fourth-order valence-corrected chi connectivity index (χ4v) is 0.978. The highest BCUT2D eigenvalue weighted by molar-refractivity contribution is 7.09. The maximum absolute atomic E-state index is 3.69. The van der Waals surface area contributed by atoms with E-state index < -0.39 is 0 Å². The SMILES string of the molecule is CC.CC.Cc1nncs1.c1nncs1. The molecule has 0 aliphatic heterocycles. The molecule has 0 aromatic carbocycles. The first-order valence-electron chi connectivity index (χ1n) is 4.81. The fourth-order valence-electron chi connectivity index (χ4n) is 0.364. The van der Waals surface area contributed by atoms with Crippen LogP contribution in [0.25, 0.3) is 0 Å². The maximum atomic E-state index is 3.69. The molecule has 86 valence electrons. The van der Waals surface area contributed by atoms with Crippen molar-refractivity contribution in [2.24, 2.45) is 0 Å². The number of hydrogen-bond acceptors (Lipinski definition) is 6. The first kappa shape index (κ1) is 16.5. The number of aryl methyl sites for hydroxylation is 1. The van der Waals surface area contributed by atoms with Crippen molar-refractivity contribution in [2.45, 2.75) is 34.6 Å². The average Bonchev–Trinajstić information content (AvgIpc) is 2.98. The van der Waals surface area contributed by atoms with Crippen molar-refractivity contribution in [1.82, 2.24) is 20.4 Å². The van der Waals surface area contributed by atoms with Gasteiger partial charge in [0.05, 0.1) is 0 Å². The highest BCUT2D eigenvalue weighted by atomic mass is 32.1. The lowest BCUT2D eigenvalue weighted by Crippen LogP contribution is -1.64. The van der Waals surface area contributed by atoms with Gasteiger partial charge in [-0.15, -0.1) is 43.1 Å². The largest absolute Gasteiger partial charge is 0.147 e. The monoisotopic (exact) mass is 246 g/mol. The molecule has 0 unspecified atom stereocenters. The van der Waals surface area contributed by atoms with Crippen molar-refractivity contribution in [1.29, 1.82) is 0 Å². The second-order valence-corrected chi connectivity index (χ2v) is 3.27. The van der Waals surface area contributed by atoms with Gasteiger partial charge in [-0.3, -0.25) is 0 Å². The summed E-state index contributed by atoms with van der Waals surface area (Å²) < 4.78 is 0. The summed E-state index contributed by atoms with van der Waals surface area (Å²) in [4.78, 5) is 0. The molecule has 15 heavy (non-hydrogen) atoms. The van der Waals surface area contributed by atoms with Crippen LogP contribution in [-0.4, -0.2) is 20.4 Å². The van der Waals surface area contributed by atoms with Crippen molar-refractivity contribution in [3.8, 4) is 0 Å². The Labute approximate surface area is 99.4 Å². The topological polar surface area (TPSA) is 51.6 Å². The van der Waals surface area contributed by atoms with Crippen LogP contribution in [0.5, 0.6) is 0 Å². The second kappa shape index (κ2) is 15.6. The Bertz CT molecular complexity index is 238. The van der Waals surface area contributed by atoms with Crippen LogP contribution in [0.4, 0.5) is 0 Å². The molecule has 0 bridgehead atoms. The quantitative estimate of drug-likeness (QED) is 0.714. The number of aromatic nitrogens is 4. The minimum atomic E-state index is 1.02. The Kier molecular flexibility index (Phi) is 17.2. The van der Waals surface area contributed by atoms with Gasteiger partial charge in [-0.1, -0.05) is 27.7 Å². The van der Waals surface area contributed by atoms with E-state index in [1.54, 1.807) is 27.9 Å². The van der Waals surface area contributed by atoms with Crippen molar-refractivity contribution >= 4 is 22.7 Å². The van der Waals surface area contributed by atoms with E-state index in [2.05, 4.69) is 20.4 Å². The third-order valence-corrected chi connectivity index (χ3v) is 1.81. The summed E-state index contributed by atoms with van der Waals surface area (Å²) in [6.45, 7) is 9.93. The van der Waals surface area contributed by atoms with Crippen molar-refractivity contribution in [3.05, 3.63) is 21.5 Å². The van der Waals surface area contributed by atoms with Gasteiger partial charge < -0.3 is 0 Å². The lowest BCUT2D eigenvalue weighted by Gasteiger charge is -1.61. The lowest BCUT2D eigenvalue weighted by molar-refractivity contribution is 1.05. The molecular formula is C9H18N4S2. The van der Waals surface area contributed by atoms with Crippen LogP contribution in [0.1, 0.15) is 32.7 Å². The molecule has 0 radical (unpaired) electrons. The van der Waals surface area contributed by atoms with Crippen LogP contribution >= 0.6 is 22.7 Å². The molecule has 2 aromatic rings. The minimum Gasteiger partial charge on any atom is -0.147 e. The lowest BCUT2D eigenvalue weighted by atomic mass is 10.9. The molecule has 0 saturated heterocycles. The van der Waals surface area contributed by atoms with E-state index in [9.17, 15) is 0 Å². The zero-order valence-electron chi connectivity index (χ0n) is 9.84. The number of hydrogen-bond donors (Lipinski definition) is 0. The molecule has 0 aliphatic rings. The molecule has 0 atom stereocenters. The van der Waals surface area contributed by atoms with Crippen LogP contribution in [0, 0.1) is 6.92 Å². The smallest absolute Gasteiger partial charge is 0.114 e. The maximum Gasteiger partial charge on any atom is 0.114 e. The van der Waals surface area contributed by atoms with E-state index in [0.717, 1.165) is 5.01 Å². The van der Waals surface area contributed by atoms with E-state index in [-0.39, 0.29) is 0 Å². The molecule has 0 amide bonds. The Morgan fingerprint density at radius 1 is 0.867 bits per heavy atom. The summed E-state index contributed by atoms with van der Waals surface area (Å²) in [7, 11) is 0. The highest BCUT2D eigenvalue weighted by Gasteiger charge is 1.78. The Balaban J connectivity index is 0. The van der Waals surface area contributed by atoms with Crippen LogP contribution < -0.4 is 0 Å². The van der Waals surface area contributed by atoms with E-state index >= 15 is 0 Å². The highest BCUT2D eigenvalue weighted by Crippen LogP contribution is 1.94. The molecule has 0 spiro atoms. The predicted octanol–water partition coefficient (Wildman–Crippen LogP) is 3.44. The first-order valence-corrected chi connectivity index (χ1v) is 6.63. The van der Waals surface area contributed by atoms with Crippen LogP contribution in [0.15, 0.2) is 16.5 Å². The van der Waals surface area contributed by atoms with Gasteiger partial charge in [0, 0.05) is 0 Å². The molecule has 4 nitrogen and oxygen atoms in total. The average molecular weight is 246 g/mol. The standard InChI is InChI=1S/C3H4N2S.C2H2N2S.2C2H6/c1-3-5-4-2-6-3;1-3-4-2-5-1;2*1-2/h2H,1H3;1-2H;2*1-2H3. The summed E-state index contributed by atoms with van der Waals surface area (Å²) in [6, 6.07) is 0. The molecule has 6 heteroatoms. The molecule has 0 fully saturated rings. The Morgan fingerprint density at radius 3 is 1.53 bits per heavy atom. The zero-order chi connectivity index (χ0) is 11.9. The van der Waals surface area contributed by atoms with Gasteiger partial charge in [0.15, 0.2) is 0 Å². The molecule has 0 aliphatic carbocycles. The Morgan fingerprint density at radius 2 is 1.40 bits per heavy atom. The summed E-state index contributed by atoms with van der Waals surface area (Å²) in [5.41, 5.74) is 5.08. The number of rotatable bonds is 0. The fraction of sp³-hybridized carbons (Fsp3) is 0.556. The van der Waals surface area contributed by atoms with Gasteiger partial charge in [0.25, 0.3) is 0 Å². The van der Waals surface area contributed by atoms with Gasteiger partial charge in [-0.05, 0) is 6.92 Å². The zero-order valence-corrected chi connectivity index (χ0v) is 11.5. The van der Waals surface area contributed by atoms with Gasteiger partial charge in [-0.2, -0.15) is 0 Å². The normalized spacial score (nSPS) is 7.00. The van der Waals surface area contributed by atoms with Gasteiger partial charge in [0.2, 0.25) is 0 Å². The molecule has 0 saturated carbocycles. The van der Waals surface area contributed by atoms with E-state index in [4.69, 9.17) is 0 Å². The van der Waals surface area contributed by atoms with Gasteiger partial charge in [0.1, 0.15) is 21.5 Å². The molecule has 0 N–H and O–H groups in total. The third-order valence-electron chi connectivity index (χ3n) is 0.752.